The summed E-state index contributed by atoms with van der Waals surface area (Å²) in [6, 6.07) is 7.45. The summed E-state index contributed by atoms with van der Waals surface area (Å²) in [5.74, 6) is 0.519. The van der Waals surface area contributed by atoms with Crippen LogP contribution in [-0.2, 0) is 10.0 Å². The van der Waals surface area contributed by atoms with Crippen LogP contribution in [0.25, 0.3) is 0 Å². The van der Waals surface area contributed by atoms with Gasteiger partial charge in [-0.3, -0.25) is 4.90 Å². The summed E-state index contributed by atoms with van der Waals surface area (Å²) in [4.78, 5) is 2.50. The highest BCUT2D eigenvalue weighted by Gasteiger charge is 2.26. The summed E-state index contributed by atoms with van der Waals surface area (Å²) in [6.07, 6.45) is 7.52. The number of sulfonamides is 1. The Morgan fingerprint density at radius 1 is 1.18 bits per heavy atom. The number of likely N-dealkylation sites (N-methyl/N-ethyl adjacent to an activating group) is 1. The van der Waals surface area contributed by atoms with Gasteiger partial charge in [-0.1, -0.05) is 37.8 Å². The maximum absolute atomic E-state index is 12.3. The van der Waals surface area contributed by atoms with Gasteiger partial charge in [0.15, 0.2) is 0 Å². The lowest BCUT2D eigenvalue weighted by molar-refractivity contribution is 0.249. The smallest absolute Gasteiger partial charge is 0.286 e. The van der Waals surface area contributed by atoms with Crippen LogP contribution in [0.1, 0.15) is 38.5 Å². The molecule has 1 aliphatic heterocycles. The number of nitrogens with zero attached hydrogens (tertiary/aromatic N) is 2. The molecule has 120 valence electrons. The molecule has 5 nitrogen and oxygen atoms in total. The third-order valence-corrected chi connectivity index (χ3v) is 5.89. The quantitative estimate of drug-likeness (QED) is 0.870. The molecular formula is C16H23N3O2S. The number of hydrogen-bond acceptors (Lipinski definition) is 4. The Morgan fingerprint density at radius 3 is 2.59 bits per heavy atom. The van der Waals surface area contributed by atoms with Crippen LogP contribution in [0.5, 0.6) is 0 Å². The van der Waals surface area contributed by atoms with Gasteiger partial charge in [-0.25, -0.2) is 0 Å². The summed E-state index contributed by atoms with van der Waals surface area (Å²) < 4.78 is 28.5. The van der Waals surface area contributed by atoms with Crippen LogP contribution in [0.4, 0.5) is 5.69 Å². The van der Waals surface area contributed by atoms with E-state index in [-0.39, 0.29) is 4.90 Å². The lowest BCUT2D eigenvalue weighted by Crippen LogP contribution is -2.39. The molecule has 22 heavy (non-hydrogen) atoms. The maximum atomic E-state index is 12.3. The van der Waals surface area contributed by atoms with Crippen molar-refractivity contribution in [2.45, 2.75) is 49.5 Å². The Bertz CT molecular complexity index is 662. The molecule has 0 radical (unpaired) electrons. The minimum absolute atomic E-state index is 0.260. The SMILES string of the molecule is CN(CC1=NS(=O)(=O)c2ccccc2N1)C1CCCCCC1. The van der Waals surface area contributed by atoms with Gasteiger partial charge in [0, 0.05) is 6.04 Å². The minimum atomic E-state index is -3.58. The van der Waals surface area contributed by atoms with Gasteiger partial charge in [-0.15, -0.1) is 4.40 Å². The monoisotopic (exact) mass is 321 g/mol. The van der Waals surface area contributed by atoms with Crippen molar-refractivity contribution >= 4 is 21.5 Å². The molecule has 0 unspecified atom stereocenters. The average Bonchev–Trinajstić information content (AvgIpc) is 2.75. The standard InChI is InChI=1S/C16H23N3O2S/c1-19(13-8-4-2-3-5-9-13)12-16-17-14-10-6-7-11-15(14)22(20,21)18-16/h6-7,10-11,13H,2-5,8-9,12H2,1H3,(H,17,18). The van der Waals surface area contributed by atoms with Crippen LogP contribution in [0, 0.1) is 0 Å². The second kappa shape index (κ2) is 6.38. The Balaban J connectivity index is 1.75. The molecular weight excluding hydrogens is 298 g/mol. The molecule has 1 aromatic rings. The first kappa shape index (κ1) is 15.5. The van der Waals surface area contributed by atoms with Crippen LogP contribution in [0.3, 0.4) is 0 Å². The van der Waals surface area contributed by atoms with Crippen molar-refractivity contribution in [3.63, 3.8) is 0 Å². The zero-order chi connectivity index (χ0) is 15.6. The number of hydrogen-bond donors (Lipinski definition) is 1. The molecule has 0 atom stereocenters. The van der Waals surface area contributed by atoms with Gasteiger partial charge in [-0.2, -0.15) is 8.42 Å². The fraction of sp³-hybridized carbons (Fsp3) is 0.562. The van der Waals surface area contributed by atoms with Crippen molar-refractivity contribution < 1.29 is 8.42 Å². The zero-order valence-electron chi connectivity index (χ0n) is 13.0. The molecule has 1 aliphatic carbocycles. The van der Waals surface area contributed by atoms with E-state index in [0.29, 0.717) is 24.1 Å². The number of amidine groups is 1. The molecule has 1 aromatic carbocycles. The van der Waals surface area contributed by atoms with E-state index in [4.69, 9.17) is 0 Å². The van der Waals surface area contributed by atoms with E-state index in [1.54, 1.807) is 18.2 Å². The molecule has 1 N–H and O–H groups in total. The molecule has 1 saturated carbocycles. The van der Waals surface area contributed by atoms with Gasteiger partial charge in [0.1, 0.15) is 10.7 Å². The highest BCUT2D eigenvalue weighted by molar-refractivity contribution is 7.90. The summed E-state index contributed by atoms with van der Waals surface area (Å²) in [5, 5.41) is 3.17. The van der Waals surface area contributed by atoms with Crippen molar-refractivity contribution in [1.82, 2.24) is 4.90 Å². The van der Waals surface area contributed by atoms with Crippen molar-refractivity contribution in [3.05, 3.63) is 24.3 Å². The molecule has 3 rings (SSSR count). The molecule has 0 spiro atoms. The number of fused-ring (bicyclic) bond motifs is 1. The van der Waals surface area contributed by atoms with Crippen LogP contribution in [-0.4, -0.2) is 38.8 Å². The largest absolute Gasteiger partial charge is 0.341 e. The van der Waals surface area contributed by atoms with E-state index in [1.807, 2.05) is 6.07 Å². The first-order chi connectivity index (χ1) is 10.6. The molecule has 0 saturated heterocycles. The molecule has 1 fully saturated rings. The lowest BCUT2D eigenvalue weighted by Gasteiger charge is -2.28. The fourth-order valence-electron chi connectivity index (χ4n) is 3.30. The Labute approximate surface area is 132 Å². The Hall–Kier alpha value is -1.40. The zero-order valence-corrected chi connectivity index (χ0v) is 13.8. The first-order valence-corrected chi connectivity index (χ1v) is 9.40. The predicted molar refractivity (Wildman–Crippen MR) is 88.8 cm³/mol. The van der Waals surface area contributed by atoms with E-state index in [2.05, 4.69) is 21.7 Å². The molecule has 6 heteroatoms. The summed E-state index contributed by atoms with van der Waals surface area (Å²) in [7, 11) is -1.51. The highest BCUT2D eigenvalue weighted by Crippen LogP contribution is 2.27. The van der Waals surface area contributed by atoms with E-state index in [9.17, 15) is 8.42 Å². The molecule has 1 heterocycles. The lowest BCUT2D eigenvalue weighted by atomic mass is 10.1. The van der Waals surface area contributed by atoms with Gasteiger partial charge in [0.2, 0.25) is 0 Å². The number of anilines is 1. The highest BCUT2D eigenvalue weighted by atomic mass is 32.2. The fourth-order valence-corrected chi connectivity index (χ4v) is 4.44. The van der Waals surface area contributed by atoms with Gasteiger partial charge in [0.05, 0.1) is 12.2 Å². The molecule has 0 bridgehead atoms. The topological polar surface area (TPSA) is 61.8 Å². The average molecular weight is 321 g/mol. The van der Waals surface area contributed by atoms with Crippen LogP contribution in [0.15, 0.2) is 33.6 Å². The van der Waals surface area contributed by atoms with E-state index in [0.717, 1.165) is 0 Å². The maximum Gasteiger partial charge on any atom is 0.286 e. The Morgan fingerprint density at radius 2 is 1.86 bits per heavy atom. The second-order valence-corrected chi connectivity index (χ2v) is 7.77. The van der Waals surface area contributed by atoms with Crippen molar-refractivity contribution in [1.29, 1.82) is 0 Å². The summed E-state index contributed by atoms with van der Waals surface area (Å²) in [5.41, 5.74) is 0.627. The summed E-state index contributed by atoms with van der Waals surface area (Å²) in [6.45, 7) is 0.540. The van der Waals surface area contributed by atoms with Crippen LogP contribution < -0.4 is 5.32 Å². The Kier molecular flexibility index (Phi) is 4.49. The number of rotatable bonds is 3. The normalized spacial score (nSPS) is 21.6. The predicted octanol–water partition coefficient (Wildman–Crippen LogP) is 2.85. The third kappa shape index (κ3) is 3.33. The van der Waals surface area contributed by atoms with Crippen LogP contribution >= 0.6 is 0 Å². The van der Waals surface area contributed by atoms with E-state index in [1.165, 1.54) is 38.5 Å². The number of benzene rings is 1. The van der Waals surface area contributed by atoms with Crippen molar-refractivity contribution in [2.24, 2.45) is 4.40 Å². The van der Waals surface area contributed by atoms with Gasteiger partial charge in [0.25, 0.3) is 10.0 Å². The second-order valence-electron chi connectivity index (χ2n) is 6.19. The van der Waals surface area contributed by atoms with E-state index >= 15 is 0 Å². The minimum Gasteiger partial charge on any atom is -0.341 e. The summed E-state index contributed by atoms with van der Waals surface area (Å²) >= 11 is 0. The van der Waals surface area contributed by atoms with Gasteiger partial charge in [-0.05, 0) is 32.0 Å². The van der Waals surface area contributed by atoms with Crippen LogP contribution in [0.2, 0.25) is 0 Å². The first-order valence-electron chi connectivity index (χ1n) is 7.96. The third-order valence-electron chi connectivity index (χ3n) is 4.52. The number of para-hydroxylation sites is 1. The van der Waals surface area contributed by atoms with Gasteiger partial charge < -0.3 is 5.32 Å². The molecule has 0 aromatic heterocycles. The number of nitrogens with one attached hydrogen (secondary N) is 1. The molecule has 0 amide bonds. The van der Waals surface area contributed by atoms with E-state index < -0.39 is 10.0 Å². The molecule has 2 aliphatic rings. The van der Waals surface area contributed by atoms with Crippen molar-refractivity contribution in [2.75, 3.05) is 18.9 Å². The van der Waals surface area contributed by atoms with Gasteiger partial charge >= 0.3 is 0 Å². The van der Waals surface area contributed by atoms with Crippen molar-refractivity contribution in [3.8, 4) is 0 Å².